The van der Waals surface area contributed by atoms with Crippen LogP contribution >= 0.6 is 0 Å². The predicted octanol–water partition coefficient (Wildman–Crippen LogP) is 2.20. The summed E-state index contributed by atoms with van der Waals surface area (Å²) in [5.74, 6) is 0.817. The Labute approximate surface area is 152 Å². The Kier molecular flexibility index (Phi) is 5.95. The van der Waals surface area contributed by atoms with Crippen LogP contribution in [0.3, 0.4) is 0 Å². The molecule has 0 atom stereocenters. The number of carbonyl (C=O) groups excluding carboxylic acids is 1. The molecule has 1 aliphatic carbocycles. The van der Waals surface area contributed by atoms with Crippen LogP contribution in [0.1, 0.15) is 31.4 Å². The van der Waals surface area contributed by atoms with Gasteiger partial charge in [-0.1, -0.05) is 0 Å². The van der Waals surface area contributed by atoms with Crippen LogP contribution in [0, 0.1) is 0 Å². The van der Waals surface area contributed by atoms with E-state index in [0.29, 0.717) is 11.5 Å². The molecule has 1 aromatic heterocycles. The number of rotatable bonds is 8. The zero-order valence-corrected chi connectivity index (χ0v) is 15.1. The monoisotopic (exact) mass is 378 g/mol. The summed E-state index contributed by atoms with van der Waals surface area (Å²) in [6.45, 7) is -0.135. The third-order valence-electron chi connectivity index (χ3n) is 4.20. The number of hydrogen-bond donors (Lipinski definition) is 2. The molecule has 1 aliphatic rings. The van der Waals surface area contributed by atoms with Gasteiger partial charge in [0.1, 0.15) is 11.5 Å². The largest absolute Gasteiger partial charge is 0.490 e. The Morgan fingerprint density at radius 3 is 2.54 bits per heavy atom. The molecule has 8 heteroatoms. The van der Waals surface area contributed by atoms with Gasteiger partial charge >= 0.3 is 0 Å². The second-order valence-corrected chi connectivity index (χ2v) is 7.94. The standard InChI is InChI=1S/C18H22N2O5S/c21-18(19-12-16-6-3-11-24-16)13-20-26(22,23)17-9-7-15(8-10-17)25-14-4-1-2-5-14/h3,6-11,14,20H,1-2,4-5,12-13H2,(H,19,21). The van der Waals surface area contributed by atoms with Gasteiger partial charge in [-0.25, -0.2) is 13.1 Å². The molecule has 1 fully saturated rings. The van der Waals surface area contributed by atoms with E-state index in [1.54, 1.807) is 24.3 Å². The predicted molar refractivity (Wildman–Crippen MR) is 95.1 cm³/mol. The maximum absolute atomic E-state index is 12.3. The average Bonchev–Trinajstić information content (AvgIpc) is 3.32. The molecule has 2 N–H and O–H groups in total. The van der Waals surface area contributed by atoms with Crippen molar-refractivity contribution in [2.45, 2.75) is 43.2 Å². The third kappa shape index (κ3) is 5.09. The van der Waals surface area contributed by atoms with Crippen molar-refractivity contribution < 1.29 is 22.4 Å². The van der Waals surface area contributed by atoms with Gasteiger partial charge < -0.3 is 14.5 Å². The van der Waals surface area contributed by atoms with Crippen molar-refractivity contribution in [2.24, 2.45) is 0 Å². The number of benzene rings is 1. The van der Waals surface area contributed by atoms with E-state index in [0.717, 1.165) is 12.8 Å². The number of carbonyl (C=O) groups is 1. The van der Waals surface area contributed by atoms with Gasteiger partial charge in [0.05, 0.1) is 30.4 Å². The summed E-state index contributed by atoms with van der Waals surface area (Å²) >= 11 is 0. The Morgan fingerprint density at radius 2 is 1.88 bits per heavy atom. The molecule has 0 unspecified atom stereocenters. The van der Waals surface area contributed by atoms with Crippen LogP contribution in [-0.4, -0.2) is 27.0 Å². The van der Waals surface area contributed by atoms with Crippen molar-refractivity contribution in [3.8, 4) is 5.75 Å². The summed E-state index contributed by atoms with van der Waals surface area (Å²) in [6.07, 6.45) is 6.13. The van der Waals surface area contributed by atoms with E-state index in [1.807, 2.05) is 0 Å². The molecule has 140 valence electrons. The smallest absolute Gasteiger partial charge is 0.241 e. The fraction of sp³-hybridized carbons (Fsp3) is 0.389. The van der Waals surface area contributed by atoms with E-state index in [9.17, 15) is 13.2 Å². The van der Waals surface area contributed by atoms with E-state index < -0.39 is 15.9 Å². The van der Waals surface area contributed by atoms with E-state index in [-0.39, 0.29) is 24.1 Å². The highest BCUT2D eigenvalue weighted by Gasteiger charge is 2.18. The van der Waals surface area contributed by atoms with Crippen LogP contribution in [0.4, 0.5) is 0 Å². The SMILES string of the molecule is O=C(CNS(=O)(=O)c1ccc(OC2CCCC2)cc1)NCc1ccco1. The lowest BCUT2D eigenvalue weighted by atomic mass is 10.3. The molecule has 3 rings (SSSR count). The van der Waals surface area contributed by atoms with Crippen LogP contribution in [0.5, 0.6) is 5.75 Å². The minimum atomic E-state index is -3.76. The zero-order chi connectivity index (χ0) is 18.4. The Balaban J connectivity index is 1.49. The summed E-state index contributed by atoms with van der Waals surface area (Å²) in [7, 11) is -3.76. The number of hydrogen-bond acceptors (Lipinski definition) is 5. The minimum absolute atomic E-state index is 0.0927. The van der Waals surface area contributed by atoms with Crippen molar-refractivity contribution in [1.82, 2.24) is 10.0 Å². The third-order valence-corrected chi connectivity index (χ3v) is 5.62. The van der Waals surface area contributed by atoms with Crippen molar-refractivity contribution in [3.05, 3.63) is 48.4 Å². The number of ether oxygens (including phenoxy) is 1. The fourth-order valence-electron chi connectivity index (χ4n) is 2.80. The maximum atomic E-state index is 12.3. The molecule has 0 spiro atoms. The highest BCUT2D eigenvalue weighted by Crippen LogP contribution is 2.24. The van der Waals surface area contributed by atoms with Crippen LogP contribution in [0.15, 0.2) is 52.0 Å². The summed E-state index contributed by atoms with van der Waals surface area (Å²) in [5.41, 5.74) is 0. The highest BCUT2D eigenvalue weighted by atomic mass is 32.2. The van der Waals surface area contributed by atoms with E-state index in [1.165, 1.54) is 31.2 Å². The molecule has 1 heterocycles. The van der Waals surface area contributed by atoms with Crippen molar-refractivity contribution in [3.63, 3.8) is 0 Å². The molecule has 1 amide bonds. The lowest BCUT2D eigenvalue weighted by Crippen LogP contribution is -2.36. The molecule has 0 aliphatic heterocycles. The first-order valence-electron chi connectivity index (χ1n) is 8.58. The molecule has 0 saturated heterocycles. The van der Waals surface area contributed by atoms with Gasteiger partial charge in [0.15, 0.2) is 0 Å². The first-order valence-corrected chi connectivity index (χ1v) is 10.1. The lowest BCUT2D eigenvalue weighted by molar-refractivity contribution is -0.120. The van der Waals surface area contributed by atoms with E-state index >= 15 is 0 Å². The van der Waals surface area contributed by atoms with E-state index in [2.05, 4.69) is 10.0 Å². The first-order chi connectivity index (χ1) is 12.5. The molecule has 0 radical (unpaired) electrons. The van der Waals surface area contributed by atoms with Crippen molar-refractivity contribution in [1.29, 1.82) is 0 Å². The molecule has 2 aromatic rings. The second kappa shape index (κ2) is 8.37. The minimum Gasteiger partial charge on any atom is -0.490 e. The van der Waals surface area contributed by atoms with Gasteiger partial charge in [-0.3, -0.25) is 4.79 Å². The van der Waals surface area contributed by atoms with Gasteiger partial charge in [-0.05, 0) is 62.1 Å². The number of nitrogens with one attached hydrogen (secondary N) is 2. The first kappa shape index (κ1) is 18.5. The van der Waals surface area contributed by atoms with Gasteiger partial charge in [-0.15, -0.1) is 0 Å². The summed E-state index contributed by atoms with van der Waals surface area (Å²) < 4.78 is 37.7. The van der Waals surface area contributed by atoms with Gasteiger partial charge in [0.25, 0.3) is 0 Å². The van der Waals surface area contributed by atoms with Gasteiger partial charge in [-0.2, -0.15) is 0 Å². The van der Waals surface area contributed by atoms with Crippen LogP contribution < -0.4 is 14.8 Å². The average molecular weight is 378 g/mol. The highest BCUT2D eigenvalue weighted by molar-refractivity contribution is 7.89. The molecular formula is C18H22N2O5S. The fourth-order valence-corrected chi connectivity index (χ4v) is 3.78. The van der Waals surface area contributed by atoms with Gasteiger partial charge in [0, 0.05) is 0 Å². The topological polar surface area (TPSA) is 97.6 Å². The van der Waals surface area contributed by atoms with Gasteiger partial charge in [0.2, 0.25) is 15.9 Å². The number of sulfonamides is 1. The Morgan fingerprint density at radius 1 is 1.15 bits per heavy atom. The molecule has 0 bridgehead atoms. The number of furan rings is 1. The van der Waals surface area contributed by atoms with Crippen LogP contribution in [-0.2, 0) is 21.4 Å². The maximum Gasteiger partial charge on any atom is 0.241 e. The molecule has 26 heavy (non-hydrogen) atoms. The van der Waals surface area contributed by atoms with Crippen LogP contribution in [0.25, 0.3) is 0 Å². The number of amides is 1. The van der Waals surface area contributed by atoms with Crippen molar-refractivity contribution in [2.75, 3.05) is 6.54 Å². The van der Waals surface area contributed by atoms with Crippen molar-refractivity contribution >= 4 is 15.9 Å². The van der Waals surface area contributed by atoms with E-state index in [4.69, 9.17) is 9.15 Å². The quantitative estimate of drug-likeness (QED) is 0.734. The zero-order valence-electron chi connectivity index (χ0n) is 14.3. The summed E-state index contributed by atoms with van der Waals surface area (Å²) in [4.78, 5) is 11.9. The summed E-state index contributed by atoms with van der Waals surface area (Å²) in [5, 5.41) is 2.58. The molecule has 1 saturated carbocycles. The molecule has 1 aromatic carbocycles. The second-order valence-electron chi connectivity index (χ2n) is 6.18. The normalized spacial score (nSPS) is 15.1. The Bertz CT molecular complexity index is 810. The lowest BCUT2D eigenvalue weighted by Gasteiger charge is -2.13. The summed E-state index contributed by atoms with van der Waals surface area (Å²) in [6, 6.07) is 9.68. The Hall–Kier alpha value is -2.32. The molecular weight excluding hydrogens is 356 g/mol. The molecule has 7 nitrogen and oxygen atoms in total. The van der Waals surface area contributed by atoms with Crippen LogP contribution in [0.2, 0.25) is 0 Å².